The summed E-state index contributed by atoms with van der Waals surface area (Å²) in [6.07, 6.45) is 0.968. The lowest BCUT2D eigenvalue weighted by molar-refractivity contribution is 0.213. The van der Waals surface area contributed by atoms with E-state index in [1.165, 1.54) is 0 Å². The number of para-hydroxylation sites is 1. The normalized spacial score (nSPS) is 26.6. The Morgan fingerprint density at radius 3 is 2.86 bits per heavy atom. The molecule has 0 amide bonds. The van der Waals surface area contributed by atoms with Crippen LogP contribution in [0, 0.1) is 5.92 Å². The van der Waals surface area contributed by atoms with Crippen molar-refractivity contribution in [2.75, 3.05) is 13.2 Å². The quantitative estimate of drug-likeness (QED) is 0.657. The van der Waals surface area contributed by atoms with Crippen LogP contribution < -0.4 is 5.32 Å². The zero-order chi connectivity index (χ0) is 9.97. The summed E-state index contributed by atoms with van der Waals surface area (Å²) in [6.45, 7) is 1.08. The number of phenols is 1. The predicted octanol–water partition coefficient (Wildman–Crippen LogP) is 1.04. The summed E-state index contributed by atoms with van der Waals surface area (Å²) in [4.78, 5) is 0. The maximum Gasteiger partial charge on any atom is 0.120 e. The van der Waals surface area contributed by atoms with E-state index in [4.69, 9.17) is 5.11 Å². The SMILES string of the molecule is OCC1CCNC1c1ccccc1O. The lowest BCUT2D eigenvalue weighted by atomic mass is 9.94. The zero-order valence-corrected chi connectivity index (χ0v) is 7.98. The van der Waals surface area contributed by atoms with Gasteiger partial charge in [-0.25, -0.2) is 0 Å². The van der Waals surface area contributed by atoms with Crippen LogP contribution in [0.3, 0.4) is 0 Å². The molecule has 14 heavy (non-hydrogen) atoms. The molecule has 1 saturated heterocycles. The first-order valence-corrected chi connectivity index (χ1v) is 4.95. The molecule has 0 aromatic heterocycles. The van der Waals surface area contributed by atoms with Gasteiger partial charge in [-0.3, -0.25) is 0 Å². The molecule has 3 N–H and O–H groups in total. The molecule has 1 aromatic carbocycles. The Morgan fingerprint density at radius 1 is 1.36 bits per heavy atom. The Morgan fingerprint density at radius 2 is 2.14 bits per heavy atom. The van der Waals surface area contributed by atoms with Crippen molar-refractivity contribution in [3.8, 4) is 5.75 Å². The molecule has 0 spiro atoms. The highest BCUT2D eigenvalue weighted by Gasteiger charge is 2.28. The van der Waals surface area contributed by atoms with E-state index in [2.05, 4.69) is 5.32 Å². The predicted molar refractivity (Wildman–Crippen MR) is 54.0 cm³/mol. The van der Waals surface area contributed by atoms with Crippen LogP contribution in [0.15, 0.2) is 24.3 Å². The molecule has 3 heteroatoms. The molecule has 2 atom stereocenters. The van der Waals surface area contributed by atoms with Gasteiger partial charge in [0.2, 0.25) is 0 Å². The monoisotopic (exact) mass is 193 g/mol. The van der Waals surface area contributed by atoms with Gasteiger partial charge in [0.05, 0.1) is 0 Å². The topological polar surface area (TPSA) is 52.5 Å². The van der Waals surface area contributed by atoms with Gasteiger partial charge < -0.3 is 15.5 Å². The number of phenolic OH excluding ortho intramolecular Hbond substituents is 1. The standard InChI is InChI=1S/C11H15NO2/c13-7-8-5-6-12-11(8)9-3-1-2-4-10(9)14/h1-4,8,11-14H,5-7H2. The Balaban J connectivity index is 2.26. The largest absolute Gasteiger partial charge is 0.508 e. The van der Waals surface area contributed by atoms with E-state index in [0.717, 1.165) is 18.5 Å². The van der Waals surface area contributed by atoms with E-state index in [1.54, 1.807) is 6.07 Å². The van der Waals surface area contributed by atoms with E-state index in [-0.39, 0.29) is 18.6 Å². The van der Waals surface area contributed by atoms with Crippen LogP contribution in [-0.4, -0.2) is 23.4 Å². The summed E-state index contributed by atoms with van der Waals surface area (Å²) in [5.74, 6) is 0.536. The Bertz CT molecular complexity index is 314. The Labute approximate surface area is 83.4 Å². The van der Waals surface area contributed by atoms with Gasteiger partial charge in [-0.2, -0.15) is 0 Å². The number of hydrogen-bond donors (Lipinski definition) is 3. The molecule has 3 nitrogen and oxygen atoms in total. The van der Waals surface area contributed by atoms with Crippen molar-refractivity contribution in [3.05, 3.63) is 29.8 Å². The summed E-state index contributed by atoms with van der Waals surface area (Å²) in [7, 11) is 0. The highest BCUT2D eigenvalue weighted by molar-refractivity contribution is 5.35. The maximum atomic E-state index is 9.66. The smallest absolute Gasteiger partial charge is 0.120 e. The lowest BCUT2D eigenvalue weighted by Crippen LogP contribution is -2.19. The van der Waals surface area contributed by atoms with Crippen LogP contribution in [0.25, 0.3) is 0 Å². The summed E-state index contributed by atoms with van der Waals surface area (Å²) < 4.78 is 0. The van der Waals surface area contributed by atoms with E-state index in [0.29, 0.717) is 5.75 Å². The number of rotatable bonds is 2. The van der Waals surface area contributed by atoms with Crippen molar-refractivity contribution in [1.82, 2.24) is 5.32 Å². The van der Waals surface area contributed by atoms with Crippen molar-refractivity contribution < 1.29 is 10.2 Å². The third-order valence-corrected chi connectivity index (χ3v) is 2.86. The lowest BCUT2D eigenvalue weighted by Gasteiger charge is -2.18. The second kappa shape index (κ2) is 3.98. The number of nitrogens with one attached hydrogen (secondary N) is 1. The van der Waals surface area contributed by atoms with E-state index >= 15 is 0 Å². The van der Waals surface area contributed by atoms with Crippen LogP contribution in [0.4, 0.5) is 0 Å². The molecular formula is C11H15NO2. The van der Waals surface area contributed by atoms with Gasteiger partial charge in [0.15, 0.2) is 0 Å². The molecule has 2 unspecified atom stereocenters. The summed E-state index contributed by atoms with van der Waals surface area (Å²) in [6, 6.07) is 7.40. The number of benzene rings is 1. The van der Waals surface area contributed by atoms with E-state index in [1.807, 2.05) is 18.2 Å². The maximum absolute atomic E-state index is 9.66. The first-order valence-electron chi connectivity index (χ1n) is 4.95. The first kappa shape index (κ1) is 9.49. The molecule has 0 bridgehead atoms. The van der Waals surface area contributed by atoms with Crippen LogP contribution in [-0.2, 0) is 0 Å². The third-order valence-electron chi connectivity index (χ3n) is 2.86. The molecule has 0 radical (unpaired) electrons. The number of aliphatic hydroxyl groups excluding tert-OH is 1. The first-order chi connectivity index (χ1) is 6.83. The fraction of sp³-hybridized carbons (Fsp3) is 0.455. The van der Waals surface area contributed by atoms with E-state index in [9.17, 15) is 5.11 Å². The Kier molecular flexibility index (Phi) is 2.70. The second-order valence-electron chi connectivity index (χ2n) is 3.72. The molecule has 1 aliphatic rings. The van der Waals surface area contributed by atoms with Gasteiger partial charge in [-0.15, -0.1) is 0 Å². The molecule has 1 aromatic rings. The highest BCUT2D eigenvalue weighted by Crippen LogP contribution is 2.33. The van der Waals surface area contributed by atoms with Gasteiger partial charge in [-0.1, -0.05) is 18.2 Å². The van der Waals surface area contributed by atoms with E-state index < -0.39 is 0 Å². The molecule has 1 fully saturated rings. The minimum atomic E-state index is 0.0983. The minimum absolute atomic E-state index is 0.0983. The highest BCUT2D eigenvalue weighted by atomic mass is 16.3. The van der Waals surface area contributed by atoms with Crippen LogP contribution >= 0.6 is 0 Å². The van der Waals surface area contributed by atoms with Gasteiger partial charge in [0.25, 0.3) is 0 Å². The molecule has 2 rings (SSSR count). The van der Waals surface area contributed by atoms with Gasteiger partial charge in [0.1, 0.15) is 5.75 Å². The van der Waals surface area contributed by atoms with Crippen LogP contribution in [0.5, 0.6) is 5.75 Å². The Hall–Kier alpha value is -1.06. The molecular weight excluding hydrogens is 178 g/mol. The van der Waals surface area contributed by atoms with Gasteiger partial charge in [-0.05, 0) is 19.0 Å². The average molecular weight is 193 g/mol. The molecule has 1 heterocycles. The second-order valence-corrected chi connectivity index (χ2v) is 3.72. The van der Waals surface area contributed by atoms with Crippen LogP contribution in [0.2, 0.25) is 0 Å². The molecule has 0 saturated carbocycles. The fourth-order valence-electron chi connectivity index (χ4n) is 2.07. The molecule has 76 valence electrons. The summed E-state index contributed by atoms with van der Waals surface area (Å²) in [5.41, 5.74) is 0.893. The van der Waals surface area contributed by atoms with Crippen LogP contribution in [0.1, 0.15) is 18.0 Å². The number of aromatic hydroxyl groups is 1. The van der Waals surface area contributed by atoms with Crippen molar-refractivity contribution >= 4 is 0 Å². The van der Waals surface area contributed by atoms with Crippen molar-refractivity contribution in [3.63, 3.8) is 0 Å². The number of aliphatic hydroxyl groups is 1. The van der Waals surface area contributed by atoms with Crippen molar-refractivity contribution in [2.45, 2.75) is 12.5 Å². The van der Waals surface area contributed by atoms with Crippen molar-refractivity contribution in [1.29, 1.82) is 0 Å². The fourth-order valence-corrected chi connectivity index (χ4v) is 2.07. The number of hydrogen-bond acceptors (Lipinski definition) is 3. The molecule has 1 aliphatic heterocycles. The molecule has 0 aliphatic carbocycles. The minimum Gasteiger partial charge on any atom is -0.508 e. The van der Waals surface area contributed by atoms with Crippen molar-refractivity contribution in [2.24, 2.45) is 5.92 Å². The average Bonchev–Trinajstić information content (AvgIpc) is 2.66. The summed E-state index contributed by atoms with van der Waals surface area (Å²) in [5, 5.41) is 22.1. The summed E-state index contributed by atoms with van der Waals surface area (Å²) >= 11 is 0. The van der Waals surface area contributed by atoms with Gasteiger partial charge >= 0.3 is 0 Å². The van der Waals surface area contributed by atoms with Gasteiger partial charge in [0, 0.05) is 24.1 Å². The third kappa shape index (κ3) is 1.61. The zero-order valence-electron chi connectivity index (χ0n) is 7.98.